The first-order valence-electron chi connectivity index (χ1n) is 7.33. The van der Waals surface area contributed by atoms with Crippen LogP contribution in [-0.4, -0.2) is 30.8 Å². The summed E-state index contributed by atoms with van der Waals surface area (Å²) in [5.74, 6) is 1.68. The van der Waals surface area contributed by atoms with Crippen molar-refractivity contribution in [3.63, 3.8) is 0 Å². The number of nitrogens with zero attached hydrogens (tertiary/aromatic N) is 4. The monoisotopic (exact) mass is 313 g/mol. The summed E-state index contributed by atoms with van der Waals surface area (Å²) in [6.45, 7) is 1.33. The van der Waals surface area contributed by atoms with Crippen molar-refractivity contribution >= 4 is 28.7 Å². The van der Waals surface area contributed by atoms with Gasteiger partial charge in [-0.15, -0.1) is 0 Å². The summed E-state index contributed by atoms with van der Waals surface area (Å²) in [7, 11) is 0. The minimum atomic E-state index is -0.0806. The number of aromatic nitrogens is 4. The highest BCUT2D eigenvalue weighted by atomic mass is 32.1. The molecule has 0 aliphatic heterocycles. The molecule has 112 valence electrons. The van der Waals surface area contributed by atoms with Gasteiger partial charge in [0.1, 0.15) is 16.9 Å². The SMILES string of the molecule is O=C(NCCn1ccnc1C1CC1)c1ccc2nsnc2c1. The Morgan fingerprint density at radius 1 is 1.32 bits per heavy atom. The summed E-state index contributed by atoms with van der Waals surface area (Å²) < 4.78 is 10.4. The van der Waals surface area contributed by atoms with Crippen LogP contribution in [0.25, 0.3) is 11.0 Å². The Labute approximate surface area is 131 Å². The second-order valence-electron chi connectivity index (χ2n) is 5.48. The molecule has 1 N–H and O–H groups in total. The van der Waals surface area contributed by atoms with Crippen LogP contribution in [0.4, 0.5) is 0 Å². The maximum atomic E-state index is 12.2. The molecule has 1 saturated carbocycles. The number of imidazole rings is 1. The third-order valence-corrected chi connectivity index (χ3v) is 4.40. The number of fused-ring (bicyclic) bond motifs is 1. The molecule has 3 aromatic rings. The highest BCUT2D eigenvalue weighted by Gasteiger charge is 2.27. The summed E-state index contributed by atoms with van der Waals surface area (Å²) in [4.78, 5) is 16.6. The van der Waals surface area contributed by atoms with Gasteiger partial charge in [-0.1, -0.05) is 0 Å². The first-order chi connectivity index (χ1) is 10.8. The summed E-state index contributed by atoms with van der Waals surface area (Å²) in [6.07, 6.45) is 6.27. The van der Waals surface area contributed by atoms with Crippen LogP contribution >= 0.6 is 11.7 Å². The molecule has 0 unspecified atom stereocenters. The van der Waals surface area contributed by atoms with E-state index < -0.39 is 0 Å². The van der Waals surface area contributed by atoms with Crippen LogP contribution < -0.4 is 5.32 Å². The molecular formula is C15H15N5OS. The first kappa shape index (κ1) is 13.4. The average molecular weight is 313 g/mol. The van der Waals surface area contributed by atoms with E-state index in [-0.39, 0.29) is 5.91 Å². The van der Waals surface area contributed by atoms with Gasteiger partial charge >= 0.3 is 0 Å². The van der Waals surface area contributed by atoms with Gasteiger partial charge in [-0.2, -0.15) is 8.75 Å². The van der Waals surface area contributed by atoms with Gasteiger partial charge in [0.25, 0.3) is 5.91 Å². The molecule has 1 fully saturated rings. The van der Waals surface area contributed by atoms with E-state index in [1.165, 1.54) is 12.8 Å². The largest absolute Gasteiger partial charge is 0.350 e. The summed E-state index contributed by atoms with van der Waals surface area (Å²) in [5, 5.41) is 2.95. The zero-order valence-corrected chi connectivity index (χ0v) is 12.7. The quantitative estimate of drug-likeness (QED) is 0.783. The third kappa shape index (κ3) is 2.59. The fraction of sp³-hybridized carbons (Fsp3) is 0.333. The van der Waals surface area contributed by atoms with Gasteiger partial charge in [-0.3, -0.25) is 4.79 Å². The summed E-state index contributed by atoms with van der Waals surface area (Å²) in [5.41, 5.74) is 2.21. The Bertz CT molecular complexity index is 820. The lowest BCUT2D eigenvalue weighted by molar-refractivity contribution is 0.0952. The lowest BCUT2D eigenvalue weighted by Crippen LogP contribution is -2.27. The zero-order valence-electron chi connectivity index (χ0n) is 11.9. The molecule has 1 aliphatic carbocycles. The third-order valence-electron chi connectivity index (χ3n) is 3.84. The van der Waals surface area contributed by atoms with Gasteiger partial charge < -0.3 is 9.88 Å². The molecule has 1 aromatic carbocycles. The second-order valence-corrected chi connectivity index (χ2v) is 6.01. The highest BCUT2D eigenvalue weighted by molar-refractivity contribution is 7.00. The Balaban J connectivity index is 1.38. The van der Waals surface area contributed by atoms with Crippen LogP contribution in [0.5, 0.6) is 0 Å². The van der Waals surface area contributed by atoms with Crippen molar-refractivity contribution in [3.05, 3.63) is 42.0 Å². The van der Waals surface area contributed by atoms with E-state index in [0.717, 1.165) is 35.1 Å². The van der Waals surface area contributed by atoms with Crippen molar-refractivity contribution in [2.75, 3.05) is 6.54 Å². The van der Waals surface area contributed by atoms with E-state index in [2.05, 4.69) is 23.6 Å². The lowest BCUT2D eigenvalue weighted by Gasteiger charge is -2.08. The van der Waals surface area contributed by atoms with Crippen LogP contribution in [0.3, 0.4) is 0 Å². The molecule has 1 amide bonds. The molecule has 0 bridgehead atoms. The van der Waals surface area contributed by atoms with Gasteiger partial charge in [0, 0.05) is 37.0 Å². The van der Waals surface area contributed by atoms with Crippen LogP contribution in [0.2, 0.25) is 0 Å². The number of rotatable bonds is 5. The van der Waals surface area contributed by atoms with E-state index in [0.29, 0.717) is 18.0 Å². The minimum Gasteiger partial charge on any atom is -0.350 e. The fourth-order valence-electron chi connectivity index (χ4n) is 2.53. The molecule has 22 heavy (non-hydrogen) atoms. The standard InChI is InChI=1S/C15H15N5OS/c21-15(11-3-4-12-13(9-11)19-22-18-12)17-6-8-20-7-5-16-14(20)10-1-2-10/h3-5,7,9-10H,1-2,6,8H2,(H,17,21). The predicted molar refractivity (Wildman–Crippen MR) is 84.0 cm³/mol. The van der Waals surface area contributed by atoms with E-state index >= 15 is 0 Å². The minimum absolute atomic E-state index is 0.0806. The number of benzene rings is 1. The van der Waals surface area contributed by atoms with Gasteiger partial charge in [0.15, 0.2) is 0 Å². The summed E-state index contributed by atoms with van der Waals surface area (Å²) in [6, 6.07) is 5.39. The molecule has 2 aromatic heterocycles. The molecule has 2 heterocycles. The number of hydrogen-bond acceptors (Lipinski definition) is 5. The lowest BCUT2D eigenvalue weighted by atomic mass is 10.2. The molecule has 1 aliphatic rings. The summed E-state index contributed by atoms with van der Waals surface area (Å²) >= 11 is 1.16. The van der Waals surface area contributed by atoms with Crippen LogP contribution in [-0.2, 0) is 6.54 Å². The maximum absolute atomic E-state index is 12.2. The van der Waals surface area contributed by atoms with Gasteiger partial charge in [0.05, 0.1) is 11.7 Å². The van der Waals surface area contributed by atoms with E-state index in [1.807, 2.05) is 18.5 Å². The number of amides is 1. The Morgan fingerprint density at radius 2 is 2.18 bits per heavy atom. The van der Waals surface area contributed by atoms with Crippen molar-refractivity contribution in [2.24, 2.45) is 0 Å². The smallest absolute Gasteiger partial charge is 0.251 e. The van der Waals surface area contributed by atoms with Crippen LogP contribution in [0.15, 0.2) is 30.6 Å². The second kappa shape index (κ2) is 5.49. The van der Waals surface area contributed by atoms with Gasteiger partial charge in [-0.05, 0) is 31.0 Å². The van der Waals surface area contributed by atoms with Crippen molar-refractivity contribution < 1.29 is 4.79 Å². The van der Waals surface area contributed by atoms with E-state index in [9.17, 15) is 4.79 Å². The van der Waals surface area contributed by atoms with Crippen molar-refractivity contribution in [3.8, 4) is 0 Å². The van der Waals surface area contributed by atoms with Crippen molar-refractivity contribution in [1.29, 1.82) is 0 Å². The predicted octanol–water partition coefficient (Wildman–Crippen LogP) is 2.20. The van der Waals surface area contributed by atoms with E-state index in [4.69, 9.17) is 0 Å². The normalized spacial score (nSPS) is 14.4. The first-order valence-corrected chi connectivity index (χ1v) is 8.06. The molecule has 6 nitrogen and oxygen atoms in total. The molecule has 0 radical (unpaired) electrons. The number of nitrogens with one attached hydrogen (secondary N) is 1. The van der Waals surface area contributed by atoms with Crippen molar-refractivity contribution in [1.82, 2.24) is 23.6 Å². The molecule has 0 saturated heterocycles. The Kier molecular flexibility index (Phi) is 3.34. The van der Waals surface area contributed by atoms with Crippen LogP contribution in [0, 0.1) is 0 Å². The van der Waals surface area contributed by atoms with Gasteiger partial charge in [0.2, 0.25) is 0 Å². The molecule has 4 rings (SSSR count). The highest BCUT2D eigenvalue weighted by Crippen LogP contribution is 2.38. The molecule has 0 atom stereocenters. The number of carbonyl (C=O) groups excluding carboxylic acids is 1. The van der Waals surface area contributed by atoms with Crippen molar-refractivity contribution in [2.45, 2.75) is 25.3 Å². The van der Waals surface area contributed by atoms with E-state index in [1.54, 1.807) is 12.1 Å². The topological polar surface area (TPSA) is 72.7 Å². The Morgan fingerprint density at radius 3 is 3.05 bits per heavy atom. The molecular weight excluding hydrogens is 298 g/mol. The fourth-order valence-corrected chi connectivity index (χ4v) is 3.04. The maximum Gasteiger partial charge on any atom is 0.251 e. The number of carbonyl (C=O) groups is 1. The van der Waals surface area contributed by atoms with Gasteiger partial charge in [-0.25, -0.2) is 4.98 Å². The Hall–Kier alpha value is -2.28. The number of hydrogen-bond donors (Lipinski definition) is 1. The molecule has 7 heteroatoms. The average Bonchev–Trinajstić information content (AvgIpc) is 3.09. The van der Waals surface area contributed by atoms with Crippen LogP contribution in [0.1, 0.15) is 34.9 Å². The zero-order chi connectivity index (χ0) is 14.9. The molecule has 0 spiro atoms.